The number of amides is 1. The number of halogens is 1. The number of methoxy groups -OCH3 is 1. The van der Waals surface area contributed by atoms with E-state index in [0.29, 0.717) is 16.8 Å². The highest BCUT2D eigenvalue weighted by atomic mass is 79.9. The van der Waals surface area contributed by atoms with Gasteiger partial charge in [-0.05, 0) is 48.9 Å². The summed E-state index contributed by atoms with van der Waals surface area (Å²) in [5.41, 5.74) is 2.68. The maximum absolute atomic E-state index is 12.1. The topological polar surface area (TPSA) is 55.4 Å². The van der Waals surface area contributed by atoms with Gasteiger partial charge in [-0.1, -0.05) is 22.0 Å². The molecule has 1 N–H and O–H groups in total. The third-order valence-corrected chi connectivity index (χ3v) is 3.85. The van der Waals surface area contributed by atoms with E-state index < -0.39 is 5.97 Å². The molecule has 5 heteroatoms. The van der Waals surface area contributed by atoms with Gasteiger partial charge in [-0.15, -0.1) is 0 Å². The molecule has 0 spiro atoms. The van der Waals surface area contributed by atoms with Crippen molar-refractivity contribution in [2.24, 2.45) is 0 Å². The average Bonchev–Trinajstić information content (AvgIpc) is 2.50. The third-order valence-electron chi connectivity index (χ3n) is 3.00. The predicted molar refractivity (Wildman–Crippen MR) is 84.6 cm³/mol. The van der Waals surface area contributed by atoms with Gasteiger partial charge in [0.1, 0.15) is 0 Å². The summed E-state index contributed by atoms with van der Waals surface area (Å²) in [6.07, 6.45) is 0. The van der Waals surface area contributed by atoms with Crippen molar-refractivity contribution in [3.63, 3.8) is 0 Å². The highest BCUT2D eigenvalue weighted by Gasteiger charge is 2.09. The van der Waals surface area contributed by atoms with E-state index in [1.165, 1.54) is 7.11 Å². The molecule has 0 unspecified atom stereocenters. The minimum atomic E-state index is -0.426. The van der Waals surface area contributed by atoms with Crippen molar-refractivity contribution in [2.75, 3.05) is 12.4 Å². The number of hydrogen-bond acceptors (Lipinski definition) is 3. The largest absolute Gasteiger partial charge is 0.465 e. The van der Waals surface area contributed by atoms with Crippen LogP contribution in [0.3, 0.4) is 0 Å². The number of benzene rings is 2. The Morgan fingerprint density at radius 1 is 1.05 bits per heavy atom. The normalized spacial score (nSPS) is 10.0. The summed E-state index contributed by atoms with van der Waals surface area (Å²) in [4.78, 5) is 23.4. The summed E-state index contributed by atoms with van der Waals surface area (Å²) < 4.78 is 5.54. The second-order valence-electron chi connectivity index (χ2n) is 4.49. The zero-order valence-corrected chi connectivity index (χ0v) is 13.2. The van der Waals surface area contributed by atoms with Crippen LogP contribution in [0.15, 0.2) is 46.9 Å². The molecule has 2 aromatic rings. The highest BCUT2D eigenvalue weighted by molar-refractivity contribution is 9.10. The van der Waals surface area contributed by atoms with E-state index in [1.54, 1.807) is 24.3 Å². The molecule has 0 fully saturated rings. The minimum absolute atomic E-state index is 0.234. The van der Waals surface area contributed by atoms with Crippen molar-refractivity contribution in [2.45, 2.75) is 6.92 Å². The lowest BCUT2D eigenvalue weighted by molar-refractivity contribution is 0.0600. The molecule has 0 bridgehead atoms. The van der Waals surface area contributed by atoms with E-state index in [4.69, 9.17) is 0 Å². The van der Waals surface area contributed by atoms with Crippen LogP contribution in [0.4, 0.5) is 5.69 Å². The maximum atomic E-state index is 12.1. The molecule has 0 saturated heterocycles. The van der Waals surface area contributed by atoms with Gasteiger partial charge in [0.05, 0.1) is 12.7 Å². The fourth-order valence-corrected chi connectivity index (χ4v) is 2.13. The second kappa shape index (κ2) is 6.54. The van der Waals surface area contributed by atoms with Crippen LogP contribution in [0.5, 0.6) is 0 Å². The summed E-state index contributed by atoms with van der Waals surface area (Å²) in [6.45, 7) is 1.97. The van der Waals surface area contributed by atoms with Gasteiger partial charge in [0.25, 0.3) is 5.91 Å². The molecule has 4 nitrogen and oxygen atoms in total. The van der Waals surface area contributed by atoms with Gasteiger partial charge < -0.3 is 10.1 Å². The van der Waals surface area contributed by atoms with E-state index in [9.17, 15) is 9.59 Å². The molecule has 0 heterocycles. The number of esters is 1. The van der Waals surface area contributed by atoms with Crippen molar-refractivity contribution in [3.8, 4) is 0 Å². The van der Waals surface area contributed by atoms with E-state index in [-0.39, 0.29) is 5.91 Å². The molecule has 0 aliphatic heterocycles. The fraction of sp³-hybridized carbons (Fsp3) is 0.125. The van der Waals surface area contributed by atoms with Gasteiger partial charge >= 0.3 is 5.97 Å². The Labute approximate surface area is 131 Å². The zero-order valence-electron chi connectivity index (χ0n) is 11.6. The molecular weight excluding hydrogens is 334 g/mol. The summed E-state index contributed by atoms with van der Waals surface area (Å²) in [6, 6.07) is 11.9. The molecule has 0 radical (unpaired) electrons. The minimum Gasteiger partial charge on any atom is -0.465 e. The Morgan fingerprint density at radius 3 is 2.24 bits per heavy atom. The summed E-state index contributed by atoms with van der Waals surface area (Å²) >= 11 is 3.42. The van der Waals surface area contributed by atoms with Crippen molar-refractivity contribution < 1.29 is 14.3 Å². The molecule has 2 rings (SSSR count). The van der Waals surface area contributed by atoms with Crippen LogP contribution < -0.4 is 5.32 Å². The number of carbonyl (C=O) groups excluding carboxylic acids is 2. The Kier molecular flexibility index (Phi) is 4.75. The average molecular weight is 348 g/mol. The van der Waals surface area contributed by atoms with Gasteiger partial charge in [-0.2, -0.15) is 0 Å². The smallest absolute Gasteiger partial charge is 0.337 e. The first-order valence-corrected chi connectivity index (χ1v) is 7.06. The number of aryl methyl sites for hydroxylation is 1. The van der Waals surface area contributed by atoms with Gasteiger partial charge in [-0.25, -0.2) is 4.79 Å². The first-order valence-electron chi connectivity index (χ1n) is 6.27. The molecule has 0 aromatic heterocycles. The summed E-state index contributed by atoms with van der Waals surface area (Å²) in [5.74, 6) is -0.661. The first-order chi connectivity index (χ1) is 10.0. The van der Waals surface area contributed by atoms with Crippen LogP contribution in [0.2, 0.25) is 0 Å². The molecule has 2 aromatic carbocycles. The number of ether oxygens (including phenoxy) is 1. The van der Waals surface area contributed by atoms with E-state index in [0.717, 1.165) is 10.0 Å². The Morgan fingerprint density at radius 2 is 1.67 bits per heavy atom. The van der Waals surface area contributed by atoms with Crippen molar-refractivity contribution in [3.05, 3.63) is 63.6 Å². The second-order valence-corrected chi connectivity index (χ2v) is 5.34. The SMILES string of the molecule is COC(=O)c1ccc(C(=O)Nc2ccc(C)c(Br)c2)cc1. The van der Waals surface area contributed by atoms with E-state index in [1.807, 2.05) is 25.1 Å². The lowest BCUT2D eigenvalue weighted by Gasteiger charge is -2.07. The molecule has 21 heavy (non-hydrogen) atoms. The number of hydrogen-bond donors (Lipinski definition) is 1. The van der Waals surface area contributed by atoms with Gasteiger partial charge in [0.2, 0.25) is 0 Å². The summed E-state index contributed by atoms with van der Waals surface area (Å²) in [7, 11) is 1.32. The van der Waals surface area contributed by atoms with Gasteiger partial charge in [0.15, 0.2) is 0 Å². The molecule has 0 aliphatic carbocycles. The summed E-state index contributed by atoms with van der Waals surface area (Å²) in [5, 5.41) is 2.80. The van der Waals surface area contributed by atoms with E-state index >= 15 is 0 Å². The van der Waals surface area contributed by atoms with E-state index in [2.05, 4.69) is 26.0 Å². The molecule has 0 aliphatic rings. The number of carbonyl (C=O) groups is 2. The Bertz CT molecular complexity index is 680. The number of rotatable bonds is 3. The quantitative estimate of drug-likeness (QED) is 0.859. The zero-order chi connectivity index (χ0) is 15.4. The monoisotopic (exact) mass is 347 g/mol. The molecule has 0 atom stereocenters. The molecule has 108 valence electrons. The molecule has 0 saturated carbocycles. The van der Waals surface area contributed by atoms with Crippen LogP contribution in [0.25, 0.3) is 0 Å². The van der Waals surface area contributed by atoms with Crippen LogP contribution in [0, 0.1) is 6.92 Å². The first kappa shape index (κ1) is 15.3. The van der Waals surface area contributed by atoms with Crippen LogP contribution in [-0.2, 0) is 4.74 Å². The van der Waals surface area contributed by atoms with Crippen molar-refractivity contribution in [1.29, 1.82) is 0 Å². The predicted octanol–water partition coefficient (Wildman–Crippen LogP) is 3.80. The highest BCUT2D eigenvalue weighted by Crippen LogP contribution is 2.21. The van der Waals surface area contributed by atoms with Crippen LogP contribution in [0.1, 0.15) is 26.3 Å². The standard InChI is InChI=1S/C16H14BrNO3/c1-10-3-8-13(9-14(10)17)18-15(19)11-4-6-12(7-5-11)16(20)21-2/h3-9H,1-2H3,(H,18,19). The lowest BCUT2D eigenvalue weighted by Crippen LogP contribution is -2.12. The number of anilines is 1. The molecule has 1 amide bonds. The van der Waals surface area contributed by atoms with Crippen LogP contribution >= 0.6 is 15.9 Å². The van der Waals surface area contributed by atoms with Crippen molar-refractivity contribution in [1.82, 2.24) is 0 Å². The number of nitrogens with one attached hydrogen (secondary N) is 1. The van der Waals surface area contributed by atoms with Gasteiger partial charge in [0, 0.05) is 15.7 Å². The van der Waals surface area contributed by atoms with Gasteiger partial charge in [-0.3, -0.25) is 4.79 Å². The third kappa shape index (κ3) is 3.70. The lowest BCUT2D eigenvalue weighted by atomic mass is 10.1. The fourth-order valence-electron chi connectivity index (χ4n) is 1.75. The molecular formula is C16H14BrNO3. The maximum Gasteiger partial charge on any atom is 0.337 e. The Hall–Kier alpha value is -2.14. The Balaban J connectivity index is 2.13. The van der Waals surface area contributed by atoms with Crippen molar-refractivity contribution >= 4 is 33.5 Å². The van der Waals surface area contributed by atoms with Crippen LogP contribution in [-0.4, -0.2) is 19.0 Å².